The van der Waals surface area contributed by atoms with Gasteiger partial charge < -0.3 is 9.80 Å². The highest BCUT2D eigenvalue weighted by Gasteiger charge is 2.39. The van der Waals surface area contributed by atoms with E-state index in [9.17, 15) is 4.79 Å². The second-order valence-corrected chi connectivity index (χ2v) is 6.20. The average molecular weight is 312 g/mol. The molecular formula is C18H24N4O. The van der Waals surface area contributed by atoms with Crippen LogP contribution in [0, 0.1) is 12.3 Å². The zero-order chi connectivity index (χ0) is 16.9. The fraction of sp³-hybridized carbons (Fsp3) is 0.500. The third-order valence-corrected chi connectivity index (χ3v) is 4.09. The number of carbonyl (C=O) groups is 1. The lowest BCUT2D eigenvalue weighted by Crippen LogP contribution is -2.27. The first kappa shape index (κ1) is 17.0. The van der Waals surface area contributed by atoms with Crippen molar-refractivity contribution in [1.82, 2.24) is 4.90 Å². The molecule has 0 bridgehead atoms. The van der Waals surface area contributed by atoms with Gasteiger partial charge in [-0.1, -0.05) is 12.1 Å². The van der Waals surface area contributed by atoms with Crippen molar-refractivity contribution in [2.24, 2.45) is 10.2 Å². The predicted molar refractivity (Wildman–Crippen MR) is 92.1 cm³/mol. The SMILES string of the molecule is C#CCCC1(CCC(=O)N(C)Cc2ccc(N(C)C)cc2)N=N1. The van der Waals surface area contributed by atoms with Crippen LogP contribution in [0.15, 0.2) is 34.5 Å². The molecule has 1 amide bonds. The van der Waals surface area contributed by atoms with E-state index < -0.39 is 0 Å². The summed E-state index contributed by atoms with van der Waals surface area (Å²) in [5.74, 6) is 2.71. The van der Waals surface area contributed by atoms with Crippen molar-refractivity contribution in [3.05, 3.63) is 29.8 Å². The van der Waals surface area contributed by atoms with E-state index in [0.717, 1.165) is 17.7 Å². The van der Waals surface area contributed by atoms with E-state index in [1.165, 1.54) is 0 Å². The second kappa shape index (κ2) is 7.28. The Hall–Kier alpha value is -2.35. The van der Waals surface area contributed by atoms with Crippen molar-refractivity contribution in [3.8, 4) is 12.3 Å². The first-order valence-electron chi connectivity index (χ1n) is 7.83. The standard InChI is InChI=1S/C18H24N4O/c1-5-6-12-18(19-20-18)13-11-17(23)22(4)14-15-7-9-16(10-8-15)21(2)3/h1,7-10H,6,11-14H2,2-4H3. The Kier molecular flexibility index (Phi) is 5.38. The summed E-state index contributed by atoms with van der Waals surface area (Å²) < 4.78 is 0. The van der Waals surface area contributed by atoms with Gasteiger partial charge >= 0.3 is 0 Å². The first-order valence-corrected chi connectivity index (χ1v) is 7.83. The molecule has 1 aliphatic rings. The average Bonchev–Trinajstić information content (AvgIpc) is 3.31. The van der Waals surface area contributed by atoms with Gasteiger partial charge in [-0.05, 0) is 17.7 Å². The molecular weight excluding hydrogens is 288 g/mol. The molecule has 0 aliphatic carbocycles. The summed E-state index contributed by atoms with van der Waals surface area (Å²) in [5, 5.41) is 8.13. The lowest BCUT2D eigenvalue weighted by atomic mass is 10.0. The molecule has 0 atom stereocenters. The smallest absolute Gasteiger partial charge is 0.222 e. The molecule has 0 aromatic heterocycles. The lowest BCUT2D eigenvalue weighted by molar-refractivity contribution is -0.130. The summed E-state index contributed by atoms with van der Waals surface area (Å²) in [4.78, 5) is 16.1. The van der Waals surface area contributed by atoms with Crippen LogP contribution in [0.25, 0.3) is 0 Å². The minimum absolute atomic E-state index is 0.110. The Balaban J connectivity index is 1.80. The summed E-state index contributed by atoms with van der Waals surface area (Å²) in [6, 6.07) is 8.23. The van der Waals surface area contributed by atoms with E-state index in [-0.39, 0.29) is 11.6 Å². The molecule has 0 unspecified atom stereocenters. The highest BCUT2D eigenvalue weighted by Crippen LogP contribution is 2.37. The first-order chi connectivity index (χ1) is 11.0. The van der Waals surface area contributed by atoms with Crippen LogP contribution >= 0.6 is 0 Å². The topological polar surface area (TPSA) is 48.3 Å². The Morgan fingerprint density at radius 3 is 2.35 bits per heavy atom. The normalized spacial score (nSPS) is 14.2. The van der Waals surface area contributed by atoms with Gasteiger partial charge in [0.2, 0.25) is 5.91 Å². The predicted octanol–water partition coefficient (Wildman–Crippen LogP) is 3.07. The number of nitrogens with zero attached hydrogens (tertiary/aromatic N) is 4. The number of hydrogen-bond acceptors (Lipinski definition) is 4. The van der Waals surface area contributed by atoms with Crippen LogP contribution in [0.3, 0.4) is 0 Å². The zero-order valence-corrected chi connectivity index (χ0v) is 14.1. The maximum absolute atomic E-state index is 12.3. The van der Waals surface area contributed by atoms with E-state index in [1.54, 1.807) is 4.90 Å². The molecule has 1 aromatic rings. The van der Waals surface area contributed by atoms with Crippen molar-refractivity contribution in [2.75, 3.05) is 26.0 Å². The Labute approximate surface area is 138 Å². The van der Waals surface area contributed by atoms with Crippen molar-refractivity contribution in [3.63, 3.8) is 0 Å². The highest BCUT2D eigenvalue weighted by molar-refractivity contribution is 5.76. The number of hydrogen-bond donors (Lipinski definition) is 0. The van der Waals surface area contributed by atoms with Gasteiger partial charge in [-0.15, -0.1) is 12.3 Å². The molecule has 0 saturated heterocycles. The molecule has 1 aliphatic heterocycles. The summed E-state index contributed by atoms with van der Waals surface area (Å²) >= 11 is 0. The third kappa shape index (κ3) is 4.82. The molecule has 1 aromatic carbocycles. The number of anilines is 1. The molecule has 0 saturated carbocycles. The molecule has 0 N–H and O–H groups in total. The van der Waals surface area contributed by atoms with Crippen LogP contribution < -0.4 is 4.90 Å². The molecule has 2 rings (SSSR count). The molecule has 0 fully saturated rings. The molecule has 1 heterocycles. The van der Waals surface area contributed by atoms with Crippen LogP contribution in [-0.2, 0) is 11.3 Å². The zero-order valence-electron chi connectivity index (χ0n) is 14.1. The van der Waals surface area contributed by atoms with Gasteiger partial charge in [-0.2, -0.15) is 10.2 Å². The summed E-state index contributed by atoms with van der Waals surface area (Å²) in [6.07, 6.45) is 7.76. The van der Waals surface area contributed by atoms with Gasteiger partial charge in [-0.3, -0.25) is 4.79 Å². The number of carbonyl (C=O) groups excluding carboxylic acids is 1. The summed E-state index contributed by atoms with van der Waals surface area (Å²) in [5.41, 5.74) is 1.89. The third-order valence-electron chi connectivity index (χ3n) is 4.09. The summed E-state index contributed by atoms with van der Waals surface area (Å²) in [7, 11) is 5.85. The van der Waals surface area contributed by atoms with Crippen LogP contribution in [0.5, 0.6) is 0 Å². The van der Waals surface area contributed by atoms with Crippen LogP contribution in [0.2, 0.25) is 0 Å². The summed E-state index contributed by atoms with van der Waals surface area (Å²) in [6.45, 7) is 0.609. The van der Waals surface area contributed by atoms with Crippen LogP contribution in [0.4, 0.5) is 5.69 Å². The molecule has 23 heavy (non-hydrogen) atoms. The molecule has 122 valence electrons. The fourth-order valence-corrected chi connectivity index (χ4v) is 2.43. The Bertz CT molecular complexity index is 607. The maximum Gasteiger partial charge on any atom is 0.222 e. The second-order valence-electron chi connectivity index (χ2n) is 6.20. The largest absolute Gasteiger partial charge is 0.378 e. The Morgan fingerprint density at radius 1 is 1.17 bits per heavy atom. The minimum atomic E-state index is -0.379. The number of terminal acetylenes is 1. The number of benzene rings is 1. The van der Waals surface area contributed by atoms with Crippen molar-refractivity contribution >= 4 is 11.6 Å². The highest BCUT2D eigenvalue weighted by atomic mass is 16.2. The van der Waals surface area contributed by atoms with Gasteiger partial charge in [-0.25, -0.2) is 0 Å². The quantitative estimate of drug-likeness (QED) is 0.693. The number of rotatable bonds is 8. The van der Waals surface area contributed by atoms with E-state index in [4.69, 9.17) is 6.42 Å². The van der Waals surface area contributed by atoms with Crippen molar-refractivity contribution in [1.29, 1.82) is 0 Å². The fourth-order valence-electron chi connectivity index (χ4n) is 2.43. The van der Waals surface area contributed by atoms with Gasteiger partial charge in [0, 0.05) is 59.1 Å². The maximum atomic E-state index is 12.3. The van der Waals surface area contributed by atoms with E-state index in [1.807, 2.05) is 21.1 Å². The minimum Gasteiger partial charge on any atom is -0.378 e. The van der Waals surface area contributed by atoms with E-state index in [2.05, 4.69) is 45.3 Å². The van der Waals surface area contributed by atoms with E-state index >= 15 is 0 Å². The van der Waals surface area contributed by atoms with Gasteiger partial charge in [0.05, 0.1) is 0 Å². The van der Waals surface area contributed by atoms with Gasteiger partial charge in [0.15, 0.2) is 5.66 Å². The van der Waals surface area contributed by atoms with Crippen LogP contribution in [-0.4, -0.2) is 37.6 Å². The van der Waals surface area contributed by atoms with Crippen molar-refractivity contribution < 1.29 is 4.79 Å². The number of amides is 1. The lowest BCUT2D eigenvalue weighted by Gasteiger charge is -2.19. The van der Waals surface area contributed by atoms with Crippen molar-refractivity contribution in [2.45, 2.75) is 37.9 Å². The monoisotopic (exact) mass is 312 g/mol. The molecule has 0 spiro atoms. The van der Waals surface area contributed by atoms with Gasteiger partial charge in [0.25, 0.3) is 0 Å². The van der Waals surface area contributed by atoms with Gasteiger partial charge in [0.1, 0.15) is 0 Å². The molecule has 0 radical (unpaired) electrons. The molecule has 5 heteroatoms. The van der Waals surface area contributed by atoms with Crippen LogP contribution in [0.1, 0.15) is 31.2 Å². The Morgan fingerprint density at radius 2 is 1.83 bits per heavy atom. The van der Waals surface area contributed by atoms with E-state index in [0.29, 0.717) is 25.8 Å². The molecule has 5 nitrogen and oxygen atoms in total.